The third-order valence-electron chi connectivity index (χ3n) is 1.30. The molecule has 0 fully saturated rings. The van der Waals surface area contributed by atoms with E-state index in [0.717, 1.165) is 0 Å². The van der Waals surface area contributed by atoms with Crippen molar-refractivity contribution in [2.45, 2.75) is 20.8 Å². The standard InChI is InChI=1S/C8H16NO5P/c1-4-13-15(12,14-5-2)6-8(11)9-7(3)10/h4-6H2,1-3H3,(H,9,10,11). The van der Waals surface area contributed by atoms with Gasteiger partial charge in [0.2, 0.25) is 11.8 Å². The van der Waals surface area contributed by atoms with Gasteiger partial charge in [-0.25, -0.2) is 0 Å². The van der Waals surface area contributed by atoms with Crippen LogP contribution in [0.4, 0.5) is 0 Å². The maximum Gasteiger partial charge on any atom is 0.340 e. The zero-order valence-electron chi connectivity index (χ0n) is 9.11. The van der Waals surface area contributed by atoms with Crippen LogP contribution in [0.3, 0.4) is 0 Å². The lowest BCUT2D eigenvalue weighted by molar-refractivity contribution is -0.127. The van der Waals surface area contributed by atoms with Crippen LogP contribution in [0.25, 0.3) is 0 Å². The fourth-order valence-electron chi connectivity index (χ4n) is 0.934. The van der Waals surface area contributed by atoms with Crippen molar-refractivity contribution in [3.05, 3.63) is 0 Å². The molecule has 0 saturated carbocycles. The lowest BCUT2D eigenvalue weighted by Crippen LogP contribution is -2.31. The molecule has 0 spiro atoms. The molecule has 6 nitrogen and oxygen atoms in total. The predicted molar refractivity (Wildman–Crippen MR) is 54.5 cm³/mol. The Morgan fingerprint density at radius 1 is 1.20 bits per heavy atom. The average molecular weight is 237 g/mol. The van der Waals surface area contributed by atoms with E-state index in [1.165, 1.54) is 6.92 Å². The van der Waals surface area contributed by atoms with E-state index in [1.807, 2.05) is 5.32 Å². The fraction of sp³-hybridized carbons (Fsp3) is 0.750. The zero-order valence-corrected chi connectivity index (χ0v) is 10.0. The van der Waals surface area contributed by atoms with E-state index in [9.17, 15) is 14.2 Å². The second-order valence-electron chi connectivity index (χ2n) is 2.71. The van der Waals surface area contributed by atoms with E-state index in [1.54, 1.807) is 13.8 Å². The summed E-state index contributed by atoms with van der Waals surface area (Å²) >= 11 is 0. The number of carbonyl (C=O) groups is 2. The summed E-state index contributed by atoms with van der Waals surface area (Å²) in [5.41, 5.74) is 0. The highest BCUT2D eigenvalue weighted by atomic mass is 31.2. The van der Waals surface area contributed by atoms with E-state index in [2.05, 4.69) is 0 Å². The molecule has 1 N–H and O–H groups in total. The summed E-state index contributed by atoms with van der Waals surface area (Å²) in [6.45, 7) is 4.86. The Morgan fingerprint density at radius 3 is 2.00 bits per heavy atom. The summed E-state index contributed by atoms with van der Waals surface area (Å²) in [5, 5.41) is 2.01. The Morgan fingerprint density at radius 2 is 1.67 bits per heavy atom. The number of nitrogens with one attached hydrogen (secondary N) is 1. The number of hydrogen-bond donors (Lipinski definition) is 1. The molecular formula is C8H16NO5P. The highest BCUT2D eigenvalue weighted by Gasteiger charge is 2.27. The summed E-state index contributed by atoms with van der Waals surface area (Å²) in [7, 11) is -3.40. The topological polar surface area (TPSA) is 81.7 Å². The highest BCUT2D eigenvalue weighted by molar-refractivity contribution is 7.54. The minimum atomic E-state index is -3.40. The van der Waals surface area contributed by atoms with Crippen LogP contribution >= 0.6 is 7.60 Å². The number of carbonyl (C=O) groups excluding carboxylic acids is 2. The van der Waals surface area contributed by atoms with Gasteiger partial charge in [-0.15, -0.1) is 0 Å². The molecule has 0 heterocycles. The smallest absolute Gasteiger partial charge is 0.309 e. The van der Waals surface area contributed by atoms with Gasteiger partial charge in [-0.3, -0.25) is 19.5 Å². The van der Waals surface area contributed by atoms with Crippen molar-refractivity contribution in [2.24, 2.45) is 0 Å². The molecule has 0 aliphatic rings. The van der Waals surface area contributed by atoms with Gasteiger partial charge in [-0.1, -0.05) is 0 Å². The minimum Gasteiger partial charge on any atom is -0.309 e. The van der Waals surface area contributed by atoms with Crippen LogP contribution < -0.4 is 5.32 Å². The molecule has 0 aromatic rings. The molecule has 2 amide bonds. The summed E-state index contributed by atoms with van der Waals surface area (Å²) in [4.78, 5) is 21.7. The Bertz CT molecular complexity index is 268. The number of imide groups is 1. The van der Waals surface area contributed by atoms with Gasteiger partial charge in [0.05, 0.1) is 13.2 Å². The molecule has 0 radical (unpaired) electrons. The summed E-state index contributed by atoms with van der Waals surface area (Å²) in [5.74, 6) is -1.16. The molecule has 0 aliphatic carbocycles. The van der Waals surface area contributed by atoms with E-state index in [4.69, 9.17) is 9.05 Å². The lowest BCUT2D eigenvalue weighted by Gasteiger charge is -2.15. The number of hydrogen-bond acceptors (Lipinski definition) is 5. The van der Waals surface area contributed by atoms with Crippen molar-refractivity contribution >= 4 is 19.4 Å². The molecule has 15 heavy (non-hydrogen) atoms. The van der Waals surface area contributed by atoms with Crippen LogP contribution in [-0.4, -0.2) is 31.2 Å². The van der Waals surface area contributed by atoms with Crippen molar-refractivity contribution in [3.8, 4) is 0 Å². The third kappa shape index (κ3) is 6.38. The van der Waals surface area contributed by atoms with Gasteiger partial charge < -0.3 is 9.05 Å². The maximum absolute atomic E-state index is 11.8. The van der Waals surface area contributed by atoms with Gasteiger partial charge in [0, 0.05) is 6.92 Å². The predicted octanol–water partition coefficient (Wildman–Crippen LogP) is 0.915. The second-order valence-corrected chi connectivity index (χ2v) is 4.76. The Balaban J connectivity index is 4.34. The van der Waals surface area contributed by atoms with E-state index >= 15 is 0 Å². The Kier molecular flexibility index (Phi) is 6.40. The van der Waals surface area contributed by atoms with E-state index in [0.29, 0.717) is 0 Å². The highest BCUT2D eigenvalue weighted by Crippen LogP contribution is 2.47. The SMILES string of the molecule is CCOP(=O)(CC(=O)NC(C)=O)OCC. The molecular weight excluding hydrogens is 221 g/mol. The first-order valence-electron chi connectivity index (χ1n) is 4.62. The van der Waals surface area contributed by atoms with Crippen molar-refractivity contribution in [1.29, 1.82) is 0 Å². The van der Waals surface area contributed by atoms with Gasteiger partial charge in [-0.2, -0.15) is 0 Å². The van der Waals surface area contributed by atoms with Crippen LogP contribution in [0, 0.1) is 0 Å². The van der Waals surface area contributed by atoms with Gasteiger partial charge in [0.15, 0.2) is 0 Å². The molecule has 0 rings (SSSR count). The summed E-state index contributed by atoms with van der Waals surface area (Å²) in [6.07, 6.45) is -0.436. The second kappa shape index (κ2) is 6.71. The number of rotatable bonds is 6. The fourth-order valence-corrected chi connectivity index (χ4v) is 2.41. The van der Waals surface area contributed by atoms with E-state index in [-0.39, 0.29) is 13.2 Å². The zero-order chi connectivity index (χ0) is 11.9. The first-order valence-corrected chi connectivity index (χ1v) is 6.35. The molecule has 0 atom stereocenters. The van der Waals surface area contributed by atoms with Crippen LogP contribution in [-0.2, 0) is 23.2 Å². The largest absolute Gasteiger partial charge is 0.340 e. The molecule has 7 heteroatoms. The molecule has 88 valence electrons. The maximum atomic E-state index is 11.8. The first kappa shape index (κ1) is 14.3. The quantitative estimate of drug-likeness (QED) is 0.694. The van der Waals surface area contributed by atoms with Gasteiger partial charge in [0.1, 0.15) is 6.16 Å². The molecule has 0 bridgehead atoms. The van der Waals surface area contributed by atoms with Crippen LogP contribution in [0.1, 0.15) is 20.8 Å². The van der Waals surface area contributed by atoms with Gasteiger partial charge >= 0.3 is 7.60 Å². The Labute approximate surface area is 88.9 Å². The van der Waals surface area contributed by atoms with Gasteiger partial charge in [-0.05, 0) is 13.8 Å². The lowest BCUT2D eigenvalue weighted by atomic mass is 10.6. The third-order valence-corrected chi connectivity index (χ3v) is 3.28. The van der Waals surface area contributed by atoms with Crippen LogP contribution in [0.15, 0.2) is 0 Å². The molecule has 0 unspecified atom stereocenters. The number of amides is 2. The first-order chi connectivity index (χ1) is 6.93. The molecule has 0 aromatic heterocycles. The van der Waals surface area contributed by atoms with Gasteiger partial charge in [0.25, 0.3) is 0 Å². The van der Waals surface area contributed by atoms with Crippen molar-refractivity contribution in [1.82, 2.24) is 5.32 Å². The minimum absolute atomic E-state index is 0.185. The van der Waals surface area contributed by atoms with Crippen molar-refractivity contribution in [3.63, 3.8) is 0 Å². The van der Waals surface area contributed by atoms with Crippen molar-refractivity contribution in [2.75, 3.05) is 19.4 Å². The molecule has 0 saturated heterocycles. The van der Waals surface area contributed by atoms with Crippen LogP contribution in [0.2, 0.25) is 0 Å². The van der Waals surface area contributed by atoms with E-state index < -0.39 is 25.6 Å². The summed E-state index contributed by atoms with van der Waals surface area (Å²) < 4.78 is 21.6. The Hall–Kier alpha value is -0.710. The summed E-state index contributed by atoms with van der Waals surface area (Å²) in [6, 6.07) is 0. The van der Waals surface area contributed by atoms with Crippen LogP contribution in [0.5, 0.6) is 0 Å². The van der Waals surface area contributed by atoms with Crippen molar-refractivity contribution < 1.29 is 23.2 Å². The normalized spacial score (nSPS) is 11.1. The molecule has 0 aromatic carbocycles. The average Bonchev–Trinajstić information content (AvgIpc) is 2.01. The molecule has 0 aliphatic heterocycles. The monoisotopic (exact) mass is 237 g/mol.